The van der Waals surface area contributed by atoms with E-state index in [1.165, 1.54) is 12.1 Å². The Morgan fingerprint density at radius 3 is 2.65 bits per heavy atom. The van der Waals surface area contributed by atoms with Crippen molar-refractivity contribution in [2.24, 2.45) is 5.92 Å². The third-order valence-electron chi connectivity index (χ3n) is 4.21. The van der Waals surface area contributed by atoms with Crippen molar-refractivity contribution < 1.29 is 17.6 Å². The molecule has 1 fully saturated rings. The zero-order chi connectivity index (χ0) is 17.0. The van der Waals surface area contributed by atoms with Gasteiger partial charge in [-0.2, -0.15) is 0 Å². The number of likely N-dealkylation sites (tertiary alicyclic amines) is 1. The fourth-order valence-corrected chi connectivity index (χ4v) is 4.41. The number of nitrogens with one attached hydrogen (secondary N) is 1. The van der Waals surface area contributed by atoms with Crippen LogP contribution in [0.1, 0.15) is 19.8 Å². The van der Waals surface area contributed by atoms with E-state index >= 15 is 0 Å². The minimum atomic E-state index is -3.61. The van der Waals surface area contributed by atoms with Gasteiger partial charge >= 0.3 is 0 Å². The van der Waals surface area contributed by atoms with E-state index < -0.39 is 21.6 Å². The zero-order valence-corrected chi connectivity index (χ0v) is 14.3. The molecule has 0 radical (unpaired) electrons. The summed E-state index contributed by atoms with van der Waals surface area (Å²) < 4.78 is 37.6. The SMILES string of the molecule is CNC1CCCN(C(=O)C(C)CS(=O)(=O)c2ccc(F)cc2)C1. The van der Waals surface area contributed by atoms with Gasteiger partial charge in [0.1, 0.15) is 5.82 Å². The summed E-state index contributed by atoms with van der Waals surface area (Å²) in [7, 11) is -1.75. The number of nitrogens with zero attached hydrogens (tertiary/aromatic N) is 1. The lowest BCUT2D eigenvalue weighted by Gasteiger charge is -2.34. The molecule has 7 heteroatoms. The van der Waals surface area contributed by atoms with Gasteiger partial charge in [-0.1, -0.05) is 6.92 Å². The first-order valence-electron chi connectivity index (χ1n) is 7.78. The van der Waals surface area contributed by atoms with Crippen LogP contribution in [0.25, 0.3) is 0 Å². The number of rotatable bonds is 5. The topological polar surface area (TPSA) is 66.5 Å². The summed E-state index contributed by atoms with van der Waals surface area (Å²) in [6, 6.07) is 4.96. The third-order valence-corrected chi connectivity index (χ3v) is 6.13. The number of hydrogen-bond acceptors (Lipinski definition) is 4. The molecule has 1 heterocycles. The minimum Gasteiger partial charge on any atom is -0.341 e. The summed E-state index contributed by atoms with van der Waals surface area (Å²) in [5, 5.41) is 3.16. The predicted molar refractivity (Wildman–Crippen MR) is 86.3 cm³/mol. The summed E-state index contributed by atoms with van der Waals surface area (Å²) in [6.45, 7) is 2.90. The fraction of sp³-hybridized carbons (Fsp3) is 0.562. The Morgan fingerprint density at radius 1 is 1.39 bits per heavy atom. The van der Waals surface area contributed by atoms with E-state index in [1.807, 2.05) is 7.05 Å². The molecule has 5 nitrogen and oxygen atoms in total. The van der Waals surface area contributed by atoms with Crippen LogP contribution in [-0.2, 0) is 14.6 Å². The quantitative estimate of drug-likeness (QED) is 0.823. The lowest BCUT2D eigenvalue weighted by molar-refractivity contribution is -0.135. The average Bonchev–Trinajstić information content (AvgIpc) is 2.54. The van der Waals surface area contributed by atoms with Crippen molar-refractivity contribution in [3.8, 4) is 0 Å². The van der Waals surface area contributed by atoms with Crippen LogP contribution in [0.4, 0.5) is 4.39 Å². The van der Waals surface area contributed by atoms with Crippen molar-refractivity contribution in [3.05, 3.63) is 30.1 Å². The Balaban J connectivity index is 2.03. The van der Waals surface area contributed by atoms with Crippen molar-refractivity contribution in [1.29, 1.82) is 0 Å². The second-order valence-electron chi connectivity index (χ2n) is 6.05. The lowest BCUT2D eigenvalue weighted by atomic mass is 10.0. The highest BCUT2D eigenvalue weighted by Crippen LogP contribution is 2.18. The maximum absolute atomic E-state index is 12.9. The van der Waals surface area contributed by atoms with Gasteiger partial charge in [0.05, 0.1) is 10.6 Å². The van der Waals surface area contributed by atoms with Crippen LogP contribution < -0.4 is 5.32 Å². The molecule has 2 atom stereocenters. The van der Waals surface area contributed by atoms with Crippen LogP contribution in [-0.4, -0.2) is 51.2 Å². The van der Waals surface area contributed by atoms with Crippen LogP contribution in [0.5, 0.6) is 0 Å². The minimum absolute atomic E-state index is 0.0466. The Morgan fingerprint density at radius 2 is 2.04 bits per heavy atom. The smallest absolute Gasteiger partial charge is 0.226 e. The number of piperidine rings is 1. The summed E-state index contributed by atoms with van der Waals surface area (Å²) in [6.07, 6.45) is 1.93. The second-order valence-corrected chi connectivity index (χ2v) is 8.08. The number of benzene rings is 1. The number of likely N-dealkylation sites (N-methyl/N-ethyl adjacent to an activating group) is 1. The summed E-state index contributed by atoms with van der Waals surface area (Å²) in [4.78, 5) is 14.3. The highest BCUT2D eigenvalue weighted by molar-refractivity contribution is 7.91. The van der Waals surface area contributed by atoms with E-state index in [-0.39, 0.29) is 22.6 Å². The molecular weight excluding hydrogens is 319 g/mol. The van der Waals surface area contributed by atoms with Crippen molar-refractivity contribution >= 4 is 15.7 Å². The molecule has 2 unspecified atom stereocenters. The zero-order valence-electron chi connectivity index (χ0n) is 13.5. The van der Waals surface area contributed by atoms with Gasteiger partial charge in [0, 0.05) is 25.0 Å². The molecular formula is C16H23FN2O3S. The molecule has 1 saturated heterocycles. The molecule has 0 aliphatic carbocycles. The number of amides is 1. The Labute approximate surface area is 136 Å². The summed E-state index contributed by atoms with van der Waals surface area (Å²) in [5.74, 6) is -1.52. The van der Waals surface area contributed by atoms with Gasteiger partial charge in [-0.15, -0.1) is 0 Å². The van der Waals surface area contributed by atoms with Crippen LogP contribution in [0.15, 0.2) is 29.2 Å². The highest BCUT2D eigenvalue weighted by Gasteiger charge is 2.29. The third kappa shape index (κ3) is 4.51. The van der Waals surface area contributed by atoms with Crippen LogP contribution in [0, 0.1) is 11.7 Å². The van der Waals surface area contributed by atoms with Crippen molar-refractivity contribution in [2.45, 2.75) is 30.7 Å². The number of sulfone groups is 1. The molecule has 1 aliphatic heterocycles. The van der Waals surface area contributed by atoms with Crippen LogP contribution >= 0.6 is 0 Å². The van der Waals surface area contributed by atoms with Gasteiger partial charge in [-0.05, 0) is 44.2 Å². The fourth-order valence-electron chi connectivity index (χ4n) is 2.86. The van der Waals surface area contributed by atoms with Gasteiger partial charge < -0.3 is 10.2 Å². The molecule has 2 rings (SSSR count). The average molecular weight is 342 g/mol. The molecule has 0 saturated carbocycles. The number of hydrogen-bond donors (Lipinski definition) is 1. The Hall–Kier alpha value is -1.47. The standard InChI is InChI=1S/C16H23FN2O3S/c1-12(16(20)19-9-3-4-14(10-19)18-2)11-23(21,22)15-7-5-13(17)6-8-15/h5-8,12,14,18H,3-4,9-11H2,1-2H3. The normalized spacial score (nSPS) is 20.3. The van der Waals surface area contributed by atoms with Gasteiger partial charge in [-0.3, -0.25) is 4.79 Å². The molecule has 0 spiro atoms. The molecule has 1 N–H and O–H groups in total. The van der Waals surface area contributed by atoms with E-state index in [9.17, 15) is 17.6 Å². The number of carbonyl (C=O) groups excluding carboxylic acids is 1. The van der Waals surface area contributed by atoms with E-state index in [0.717, 1.165) is 25.0 Å². The molecule has 1 aliphatic rings. The molecule has 0 aromatic heterocycles. The molecule has 128 valence electrons. The Kier molecular flexibility index (Phi) is 5.75. The van der Waals surface area contributed by atoms with E-state index in [1.54, 1.807) is 11.8 Å². The van der Waals surface area contributed by atoms with E-state index in [0.29, 0.717) is 13.1 Å². The van der Waals surface area contributed by atoms with E-state index in [4.69, 9.17) is 0 Å². The molecule has 1 aromatic rings. The highest BCUT2D eigenvalue weighted by atomic mass is 32.2. The second kappa shape index (κ2) is 7.40. The summed E-state index contributed by atoms with van der Waals surface area (Å²) >= 11 is 0. The maximum atomic E-state index is 12.9. The van der Waals surface area contributed by atoms with Gasteiger partial charge in [0.15, 0.2) is 9.84 Å². The van der Waals surface area contributed by atoms with Crippen molar-refractivity contribution in [1.82, 2.24) is 10.2 Å². The molecule has 0 bridgehead atoms. The van der Waals surface area contributed by atoms with Crippen molar-refractivity contribution in [3.63, 3.8) is 0 Å². The lowest BCUT2D eigenvalue weighted by Crippen LogP contribution is -2.49. The first-order chi connectivity index (χ1) is 10.8. The van der Waals surface area contributed by atoms with Crippen LogP contribution in [0.3, 0.4) is 0 Å². The Bertz CT molecular complexity index is 646. The maximum Gasteiger partial charge on any atom is 0.226 e. The van der Waals surface area contributed by atoms with Gasteiger partial charge in [0.25, 0.3) is 0 Å². The van der Waals surface area contributed by atoms with Gasteiger partial charge in [-0.25, -0.2) is 12.8 Å². The molecule has 23 heavy (non-hydrogen) atoms. The van der Waals surface area contributed by atoms with E-state index in [2.05, 4.69) is 5.32 Å². The predicted octanol–water partition coefficient (Wildman–Crippen LogP) is 1.45. The number of carbonyl (C=O) groups is 1. The monoisotopic (exact) mass is 342 g/mol. The van der Waals surface area contributed by atoms with Crippen molar-refractivity contribution in [2.75, 3.05) is 25.9 Å². The molecule has 1 aromatic carbocycles. The first kappa shape index (κ1) is 17.9. The first-order valence-corrected chi connectivity index (χ1v) is 9.43. The van der Waals surface area contributed by atoms with Crippen LogP contribution in [0.2, 0.25) is 0 Å². The number of halogens is 1. The van der Waals surface area contributed by atoms with Gasteiger partial charge in [0.2, 0.25) is 5.91 Å². The largest absolute Gasteiger partial charge is 0.341 e. The molecule has 1 amide bonds. The summed E-state index contributed by atoms with van der Waals surface area (Å²) in [5.41, 5.74) is 0.